The highest BCUT2D eigenvalue weighted by Gasteiger charge is 2.30. The monoisotopic (exact) mass is 418 g/mol. The Morgan fingerprint density at radius 3 is 2.28 bits per heavy atom. The van der Waals surface area contributed by atoms with Crippen molar-refractivity contribution in [1.29, 1.82) is 0 Å². The standard InChI is InChI=1S/C26H43FOSi/c1-2-19-29-20-15-25(16-21-29)24-11-7-22(8-12-24)5-3-4-6-23-9-13-26(14-10-23)28-18-17-27/h9-10,13-14,22,24-25,29H,2-8,11-12,15-21H2,1H3. The number of benzene rings is 1. The molecule has 29 heavy (non-hydrogen) atoms. The van der Waals surface area contributed by atoms with Gasteiger partial charge in [0.05, 0.1) is 0 Å². The van der Waals surface area contributed by atoms with Crippen molar-refractivity contribution < 1.29 is 9.13 Å². The zero-order valence-corrected chi connectivity index (χ0v) is 19.9. The Hall–Kier alpha value is -0.833. The smallest absolute Gasteiger partial charge is 0.123 e. The normalized spacial score (nSPS) is 27.7. The van der Waals surface area contributed by atoms with Crippen LogP contribution in [-0.2, 0) is 6.42 Å². The molecule has 0 atom stereocenters. The molecule has 1 heterocycles. The van der Waals surface area contributed by atoms with Crippen LogP contribution in [0.1, 0.15) is 76.7 Å². The number of alkyl halides is 1. The lowest BCUT2D eigenvalue weighted by molar-refractivity contribution is 0.184. The van der Waals surface area contributed by atoms with Gasteiger partial charge in [0.2, 0.25) is 0 Å². The fourth-order valence-corrected chi connectivity index (χ4v) is 9.46. The molecule has 0 aromatic heterocycles. The summed E-state index contributed by atoms with van der Waals surface area (Å²) in [7, 11) is -0.307. The summed E-state index contributed by atoms with van der Waals surface area (Å²) < 4.78 is 17.5. The number of ether oxygens (including phenoxy) is 1. The van der Waals surface area contributed by atoms with Crippen LogP contribution in [0.15, 0.2) is 24.3 Å². The van der Waals surface area contributed by atoms with Crippen molar-refractivity contribution in [1.82, 2.24) is 0 Å². The van der Waals surface area contributed by atoms with E-state index in [1.807, 2.05) is 12.1 Å². The van der Waals surface area contributed by atoms with Gasteiger partial charge in [0.25, 0.3) is 0 Å². The fourth-order valence-electron chi connectivity index (χ4n) is 5.98. The molecule has 2 aliphatic rings. The zero-order valence-electron chi connectivity index (χ0n) is 18.7. The van der Waals surface area contributed by atoms with E-state index < -0.39 is 6.67 Å². The number of halogens is 1. The Kier molecular flexibility index (Phi) is 10.1. The summed E-state index contributed by atoms with van der Waals surface area (Å²) in [5.74, 6) is 3.94. The molecule has 1 saturated carbocycles. The highest BCUT2D eigenvalue weighted by molar-refractivity contribution is 6.58. The van der Waals surface area contributed by atoms with Crippen molar-refractivity contribution in [3.05, 3.63) is 29.8 Å². The Morgan fingerprint density at radius 2 is 1.62 bits per heavy atom. The molecule has 0 unspecified atom stereocenters. The van der Waals surface area contributed by atoms with E-state index >= 15 is 0 Å². The second-order valence-electron chi connectivity index (χ2n) is 9.78. The first-order chi connectivity index (χ1) is 14.3. The third-order valence-corrected chi connectivity index (χ3v) is 11.4. The minimum Gasteiger partial charge on any atom is -0.491 e. The van der Waals surface area contributed by atoms with Crippen LogP contribution in [-0.4, -0.2) is 22.1 Å². The molecule has 2 fully saturated rings. The van der Waals surface area contributed by atoms with Gasteiger partial charge in [-0.05, 0) is 61.1 Å². The van der Waals surface area contributed by atoms with Gasteiger partial charge >= 0.3 is 0 Å². The summed E-state index contributed by atoms with van der Waals surface area (Å²) in [6, 6.07) is 13.1. The number of hydrogen-bond donors (Lipinski definition) is 0. The Morgan fingerprint density at radius 1 is 0.931 bits per heavy atom. The molecule has 3 rings (SSSR count). The largest absolute Gasteiger partial charge is 0.491 e. The summed E-state index contributed by atoms with van der Waals surface area (Å²) in [6.45, 7) is 2.11. The lowest BCUT2D eigenvalue weighted by Gasteiger charge is -2.37. The van der Waals surface area contributed by atoms with Crippen LogP contribution >= 0.6 is 0 Å². The third-order valence-electron chi connectivity index (χ3n) is 7.74. The molecule has 1 aliphatic carbocycles. The number of rotatable bonds is 11. The summed E-state index contributed by atoms with van der Waals surface area (Å²) >= 11 is 0. The Balaban J connectivity index is 1.26. The van der Waals surface area contributed by atoms with E-state index in [1.165, 1.54) is 56.9 Å². The average molecular weight is 419 g/mol. The van der Waals surface area contributed by atoms with Crippen LogP contribution in [0.3, 0.4) is 0 Å². The molecular weight excluding hydrogens is 375 g/mol. The van der Waals surface area contributed by atoms with Gasteiger partial charge in [0, 0.05) is 8.80 Å². The van der Waals surface area contributed by atoms with E-state index in [0.717, 1.165) is 29.9 Å². The first-order valence-corrected chi connectivity index (χ1v) is 15.0. The van der Waals surface area contributed by atoms with Gasteiger partial charge in [0.15, 0.2) is 0 Å². The lowest BCUT2D eigenvalue weighted by atomic mass is 9.73. The van der Waals surface area contributed by atoms with Crippen LogP contribution in [0.25, 0.3) is 0 Å². The van der Waals surface area contributed by atoms with Crippen molar-refractivity contribution in [2.75, 3.05) is 13.3 Å². The van der Waals surface area contributed by atoms with Crippen LogP contribution in [0.4, 0.5) is 4.39 Å². The minimum absolute atomic E-state index is 0.156. The van der Waals surface area contributed by atoms with Crippen molar-refractivity contribution in [2.45, 2.75) is 95.7 Å². The maximum absolute atomic E-state index is 12.1. The second-order valence-corrected chi connectivity index (χ2v) is 13.2. The third kappa shape index (κ3) is 7.73. The number of hydrogen-bond acceptors (Lipinski definition) is 1. The van der Waals surface area contributed by atoms with Crippen molar-refractivity contribution in [3.63, 3.8) is 0 Å². The molecule has 0 spiro atoms. The zero-order chi connectivity index (χ0) is 20.3. The molecule has 1 aromatic carbocycles. The Labute approximate surface area is 180 Å². The van der Waals surface area contributed by atoms with Gasteiger partial charge in [-0.3, -0.25) is 0 Å². The van der Waals surface area contributed by atoms with Crippen LogP contribution in [0, 0.1) is 17.8 Å². The number of aryl methyl sites for hydroxylation is 1. The van der Waals surface area contributed by atoms with E-state index in [4.69, 9.17) is 4.74 Å². The van der Waals surface area contributed by atoms with Crippen molar-refractivity contribution in [3.8, 4) is 5.75 Å². The SMILES string of the molecule is CCC[SiH]1CCC(C2CCC(CCCCc3ccc(OCCF)cc3)CC2)CC1. The Bertz CT molecular complexity index is 544. The second kappa shape index (κ2) is 12.8. The van der Waals surface area contributed by atoms with Crippen LogP contribution < -0.4 is 4.74 Å². The summed E-state index contributed by atoms with van der Waals surface area (Å²) in [6.07, 6.45) is 15.9. The minimum atomic E-state index is -0.425. The number of unbranched alkanes of at least 4 members (excludes halogenated alkanes) is 1. The predicted molar refractivity (Wildman–Crippen MR) is 126 cm³/mol. The molecule has 0 amide bonds. The maximum atomic E-state index is 12.1. The van der Waals surface area contributed by atoms with Crippen LogP contribution in [0.2, 0.25) is 18.1 Å². The van der Waals surface area contributed by atoms with Crippen LogP contribution in [0.5, 0.6) is 5.75 Å². The van der Waals surface area contributed by atoms with E-state index in [9.17, 15) is 4.39 Å². The molecular formula is C26H43FOSi. The summed E-state index contributed by atoms with van der Waals surface area (Å²) in [5, 5.41) is 0. The van der Waals surface area contributed by atoms with Gasteiger partial charge in [-0.2, -0.15) is 0 Å². The predicted octanol–water partition coefficient (Wildman–Crippen LogP) is 7.60. The van der Waals surface area contributed by atoms with Gasteiger partial charge in [-0.1, -0.05) is 82.1 Å². The summed E-state index contributed by atoms with van der Waals surface area (Å²) in [5.41, 5.74) is 1.38. The molecule has 1 aliphatic heterocycles. The highest BCUT2D eigenvalue weighted by Crippen LogP contribution is 2.42. The lowest BCUT2D eigenvalue weighted by Crippen LogP contribution is -2.28. The average Bonchev–Trinajstić information content (AvgIpc) is 2.77. The van der Waals surface area contributed by atoms with E-state index in [1.54, 1.807) is 31.0 Å². The van der Waals surface area contributed by atoms with Gasteiger partial charge in [-0.15, -0.1) is 0 Å². The molecule has 3 heteroatoms. The molecule has 1 nitrogen and oxygen atoms in total. The van der Waals surface area contributed by atoms with Gasteiger partial charge in [0.1, 0.15) is 19.0 Å². The van der Waals surface area contributed by atoms with Crippen molar-refractivity contribution in [2.24, 2.45) is 17.8 Å². The van der Waals surface area contributed by atoms with Gasteiger partial charge < -0.3 is 4.74 Å². The van der Waals surface area contributed by atoms with Crippen molar-refractivity contribution >= 4 is 8.80 Å². The van der Waals surface area contributed by atoms with E-state index in [2.05, 4.69) is 19.1 Å². The fraction of sp³-hybridized carbons (Fsp3) is 0.769. The molecule has 1 saturated heterocycles. The highest BCUT2D eigenvalue weighted by atomic mass is 28.3. The molecule has 1 aromatic rings. The summed E-state index contributed by atoms with van der Waals surface area (Å²) in [4.78, 5) is 0. The first-order valence-electron chi connectivity index (χ1n) is 12.6. The topological polar surface area (TPSA) is 9.23 Å². The quantitative estimate of drug-likeness (QED) is 0.265. The molecule has 0 bridgehead atoms. The first kappa shape index (κ1) is 22.8. The molecule has 0 radical (unpaired) electrons. The van der Waals surface area contributed by atoms with E-state index in [-0.39, 0.29) is 15.4 Å². The maximum Gasteiger partial charge on any atom is 0.123 e. The molecule has 0 N–H and O–H groups in total. The van der Waals surface area contributed by atoms with Gasteiger partial charge in [-0.25, -0.2) is 4.39 Å². The van der Waals surface area contributed by atoms with E-state index in [0.29, 0.717) is 0 Å². The molecule has 164 valence electrons.